The number of esters is 1. The largest absolute Gasteiger partial charge is 0.467 e. The lowest BCUT2D eigenvalue weighted by Gasteiger charge is -2.21. The van der Waals surface area contributed by atoms with E-state index >= 15 is 0 Å². The van der Waals surface area contributed by atoms with Gasteiger partial charge in [0, 0.05) is 0 Å². The predicted molar refractivity (Wildman–Crippen MR) is 51.0 cm³/mol. The van der Waals surface area contributed by atoms with E-state index in [1.54, 1.807) is 0 Å². The maximum atomic E-state index is 11.0. The third-order valence-corrected chi connectivity index (χ3v) is 3.00. The molecule has 0 aromatic heterocycles. The van der Waals surface area contributed by atoms with Gasteiger partial charge in [-0.05, 0) is 6.42 Å². The molecule has 0 aromatic carbocycles. The number of carbonyl (C=O) groups excluding carboxylic acids is 1. The van der Waals surface area contributed by atoms with E-state index in [1.807, 2.05) is 6.92 Å². The maximum Gasteiger partial charge on any atom is 0.343 e. The van der Waals surface area contributed by atoms with Crippen LogP contribution in [-0.2, 0) is 9.53 Å². The van der Waals surface area contributed by atoms with E-state index in [-0.39, 0.29) is 0 Å². The quantitative estimate of drug-likeness (QED) is 0.551. The highest BCUT2D eigenvalue weighted by molar-refractivity contribution is 6.60. The minimum Gasteiger partial charge on any atom is -0.467 e. The highest BCUT2D eigenvalue weighted by Crippen LogP contribution is 2.33. The topological polar surface area (TPSA) is 26.3 Å². The fourth-order valence-corrected chi connectivity index (χ4v) is 1.38. The Morgan fingerprint density at radius 3 is 2.42 bits per heavy atom. The molecule has 0 rings (SSSR count). The van der Waals surface area contributed by atoms with Gasteiger partial charge in [-0.15, -0.1) is 11.6 Å². The van der Waals surface area contributed by atoms with E-state index in [9.17, 15) is 4.79 Å². The summed E-state index contributed by atoms with van der Waals surface area (Å²) < 4.78 is 2.76. The molecule has 0 saturated carbocycles. The number of methoxy groups -OCH3 is 1. The summed E-state index contributed by atoms with van der Waals surface area (Å²) >= 11 is 17.1. The van der Waals surface area contributed by atoms with Gasteiger partial charge < -0.3 is 4.74 Å². The molecule has 0 aliphatic rings. The van der Waals surface area contributed by atoms with Crippen molar-refractivity contribution in [3.05, 3.63) is 0 Å². The van der Waals surface area contributed by atoms with Crippen molar-refractivity contribution >= 4 is 40.8 Å². The molecular weight excluding hydrogens is 222 g/mol. The zero-order chi connectivity index (χ0) is 9.78. The minimum atomic E-state index is -1.63. The van der Waals surface area contributed by atoms with Gasteiger partial charge in [0.05, 0.1) is 12.5 Å². The number of alkyl halides is 3. The van der Waals surface area contributed by atoms with E-state index in [1.165, 1.54) is 7.11 Å². The van der Waals surface area contributed by atoms with Crippen LogP contribution >= 0.6 is 34.8 Å². The predicted octanol–water partition coefficient (Wildman–Crippen LogP) is 2.74. The van der Waals surface area contributed by atoms with Crippen LogP contribution in [0, 0.1) is 0 Å². The molecule has 0 N–H and O–H groups in total. The number of carbonyl (C=O) groups is 1. The molecule has 5 heteroatoms. The summed E-state index contributed by atoms with van der Waals surface area (Å²) in [5, 5.41) is -0.613. The molecule has 0 bridgehead atoms. The fraction of sp³-hybridized carbons (Fsp3) is 0.857. The van der Waals surface area contributed by atoms with Gasteiger partial charge >= 0.3 is 5.97 Å². The fourth-order valence-electron chi connectivity index (χ4n) is 0.699. The molecular formula is C7H11Cl3O2. The molecule has 0 aliphatic carbocycles. The summed E-state index contributed by atoms with van der Waals surface area (Å²) in [4.78, 5) is 11.0. The number of ether oxygens (including phenoxy) is 1. The van der Waals surface area contributed by atoms with Crippen molar-refractivity contribution in [1.29, 1.82) is 0 Å². The molecule has 12 heavy (non-hydrogen) atoms. The van der Waals surface area contributed by atoms with Crippen molar-refractivity contribution in [3.8, 4) is 0 Å². The summed E-state index contributed by atoms with van der Waals surface area (Å²) in [5.74, 6) is -0.709. The lowest BCUT2D eigenvalue weighted by atomic mass is 10.2. The van der Waals surface area contributed by atoms with Crippen LogP contribution in [0.5, 0.6) is 0 Å². The van der Waals surface area contributed by atoms with Gasteiger partial charge in [-0.1, -0.05) is 36.5 Å². The van der Waals surface area contributed by atoms with Crippen molar-refractivity contribution < 1.29 is 9.53 Å². The SMILES string of the molecule is CCCC(Cl)C(Cl)(Cl)C(=O)OC. The summed E-state index contributed by atoms with van der Waals surface area (Å²) in [7, 11) is 1.22. The Balaban J connectivity index is 4.26. The molecule has 0 spiro atoms. The number of hydrogen-bond acceptors (Lipinski definition) is 2. The Labute approximate surface area is 87.1 Å². The summed E-state index contributed by atoms with van der Waals surface area (Å²) in [6, 6.07) is 0. The van der Waals surface area contributed by atoms with Crippen LogP contribution in [-0.4, -0.2) is 22.8 Å². The number of halogens is 3. The average molecular weight is 234 g/mol. The molecule has 0 heterocycles. The Bertz CT molecular complexity index is 159. The highest BCUT2D eigenvalue weighted by atomic mass is 35.5. The van der Waals surface area contributed by atoms with Gasteiger partial charge in [-0.3, -0.25) is 0 Å². The monoisotopic (exact) mass is 232 g/mol. The molecule has 0 saturated heterocycles. The lowest BCUT2D eigenvalue weighted by Crippen LogP contribution is -2.36. The summed E-state index contributed by atoms with van der Waals surface area (Å²) in [6.07, 6.45) is 1.38. The second-order valence-corrected chi connectivity index (χ2v) is 4.28. The molecule has 0 aromatic rings. The second kappa shape index (κ2) is 5.15. The molecule has 1 unspecified atom stereocenters. The standard InChI is InChI=1S/C7H11Cl3O2/c1-3-4-5(8)7(9,10)6(11)12-2/h5H,3-4H2,1-2H3. The highest BCUT2D eigenvalue weighted by Gasteiger charge is 2.42. The van der Waals surface area contributed by atoms with Crippen LogP contribution in [0.1, 0.15) is 19.8 Å². The van der Waals surface area contributed by atoms with Crippen LogP contribution in [0.15, 0.2) is 0 Å². The first-order valence-electron chi connectivity index (χ1n) is 3.57. The van der Waals surface area contributed by atoms with E-state index in [0.29, 0.717) is 6.42 Å². The van der Waals surface area contributed by atoms with Crippen molar-refractivity contribution in [3.63, 3.8) is 0 Å². The number of hydrogen-bond donors (Lipinski definition) is 0. The Morgan fingerprint density at radius 1 is 1.58 bits per heavy atom. The Hall–Kier alpha value is 0.340. The van der Waals surface area contributed by atoms with Gasteiger partial charge in [0.15, 0.2) is 0 Å². The molecule has 72 valence electrons. The van der Waals surface area contributed by atoms with Gasteiger partial charge in [-0.25, -0.2) is 4.79 Å². The molecule has 0 amide bonds. The van der Waals surface area contributed by atoms with Crippen molar-refractivity contribution in [2.45, 2.75) is 29.5 Å². The van der Waals surface area contributed by atoms with E-state index in [2.05, 4.69) is 4.74 Å². The smallest absolute Gasteiger partial charge is 0.343 e. The first kappa shape index (κ1) is 12.3. The molecule has 2 nitrogen and oxygen atoms in total. The van der Waals surface area contributed by atoms with Crippen molar-refractivity contribution in [2.24, 2.45) is 0 Å². The second-order valence-electron chi connectivity index (χ2n) is 2.37. The minimum absolute atomic E-state index is 0.573. The van der Waals surface area contributed by atoms with Crippen molar-refractivity contribution in [2.75, 3.05) is 7.11 Å². The van der Waals surface area contributed by atoms with Gasteiger partial charge in [-0.2, -0.15) is 0 Å². The number of rotatable bonds is 4. The lowest BCUT2D eigenvalue weighted by molar-refractivity contribution is -0.141. The van der Waals surface area contributed by atoms with Crippen LogP contribution in [0.4, 0.5) is 0 Å². The van der Waals surface area contributed by atoms with Crippen molar-refractivity contribution in [1.82, 2.24) is 0 Å². The van der Waals surface area contributed by atoms with Gasteiger partial charge in [0.2, 0.25) is 4.33 Å². The van der Waals surface area contributed by atoms with Crippen LogP contribution in [0.25, 0.3) is 0 Å². The molecule has 0 aliphatic heterocycles. The normalized spacial score (nSPS) is 14.1. The third-order valence-electron chi connectivity index (χ3n) is 1.39. The summed E-state index contributed by atoms with van der Waals surface area (Å²) in [5.41, 5.74) is 0. The zero-order valence-electron chi connectivity index (χ0n) is 6.94. The molecule has 0 radical (unpaired) electrons. The first-order valence-corrected chi connectivity index (χ1v) is 4.76. The van der Waals surface area contributed by atoms with E-state index in [0.717, 1.165) is 6.42 Å². The third kappa shape index (κ3) is 3.00. The molecule has 0 fully saturated rings. The van der Waals surface area contributed by atoms with E-state index in [4.69, 9.17) is 34.8 Å². The Morgan fingerprint density at radius 2 is 2.08 bits per heavy atom. The average Bonchev–Trinajstić information content (AvgIpc) is 2.03. The van der Waals surface area contributed by atoms with Crippen LogP contribution < -0.4 is 0 Å². The molecule has 1 atom stereocenters. The first-order chi connectivity index (χ1) is 5.46. The Kier molecular flexibility index (Phi) is 5.30. The van der Waals surface area contributed by atoms with Gasteiger partial charge in [0.1, 0.15) is 0 Å². The van der Waals surface area contributed by atoms with Crippen LogP contribution in [0.3, 0.4) is 0 Å². The van der Waals surface area contributed by atoms with Gasteiger partial charge in [0.25, 0.3) is 0 Å². The zero-order valence-corrected chi connectivity index (χ0v) is 9.21. The van der Waals surface area contributed by atoms with E-state index < -0.39 is 15.7 Å². The maximum absolute atomic E-state index is 11.0. The summed E-state index contributed by atoms with van der Waals surface area (Å²) in [6.45, 7) is 1.93. The van der Waals surface area contributed by atoms with Crippen LogP contribution in [0.2, 0.25) is 0 Å².